The highest BCUT2D eigenvalue weighted by Gasteiger charge is 2.62. The quantitative estimate of drug-likeness (QED) is 0.639. The first-order valence-corrected chi connectivity index (χ1v) is 9.75. The van der Waals surface area contributed by atoms with E-state index in [4.69, 9.17) is 9.15 Å². The number of oxazole rings is 1. The summed E-state index contributed by atoms with van der Waals surface area (Å²) in [4.78, 5) is 30.8. The summed E-state index contributed by atoms with van der Waals surface area (Å²) in [7, 11) is 0. The molecule has 4 heterocycles. The second-order valence-corrected chi connectivity index (χ2v) is 8.10. The molecule has 0 saturated carbocycles. The van der Waals surface area contributed by atoms with Crippen molar-refractivity contribution in [3.8, 4) is 11.5 Å². The maximum Gasteiger partial charge on any atom is 0.323 e. The molecule has 5 unspecified atom stereocenters. The summed E-state index contributed by atoms with van der Waals surface area (Å²) in [6.45, 7) is 3.98. The summed E-state index contributed by atoms with van der Waals surface area (Å²) in [6.07, 6.45) is 0.677. The third kappa shape index (κ3) is 2.56. The number of halogens is 1. The number of morpholine rings is 1. The van der Waals surface area contributed by atoms with E-state index in [1.54, 1.807) is 17.9 Å². The van der Waals surface area contributed by atoms with Gasteiger partial charge in [0.15, 0.2) is 0 Å². The SMILES string of the molecule is CC1CN2c3c(F)cc(-c4ncco4)cc3CC3(C(=O)NC(=O)NC3O)C2C(C)O1. The van der Waals surface area contributed by atoms with Gasteiger partial charge >= 0.3 is 6.03 Å². The van der Waals surface area contributed by atoms with E-state index in [2.05, 4.69) is 15.6 Å². The van der Waals surface area contributed by atoms with Crippen LogP contribution in [0.5, 0.6) is 0 Å². The molecule has 5 rings (SSSR count). The molecule has 2 fully saturated rings. The summed E-state index contributed by atoms with van der Waals surface area (Å²) in [5.74, 6) is -0.846. The maximum atomic E-state index is 15.4. The Hall–Kier alpha value is -2.98. The molecule has 1 spiro atoms. The van der Waals surface area contributed by atoms with Gasteiger partial charge in [-0.25, -0.2) is 14.2 Å². The molecule has 0 aliphatic carbocycles. The van der Waals surface area contributed by atoms with Crippen LogP contribution in [0.3, 0.4) is 0 Å². The van der Waals surface area contributed by atoms with Gasteiger partial charge in [0.2, 0.25) is 11.8 Å². The van der Waals surface area contributed by atoms with E-state index in [0.29, 0.717) is 23.4 Å². The predicted octanol–water partition coefficient (Wildman–Crippen LogP) is 1.16. The Labute approximate surface area is 171 Å². The van der Waals surface area contributed by atoms with Crippen molar-refractivity contribution in [2.75, 3.05) is 11.4 Å². The minimum atomic E-state index is -1.47. The Morgan fingerprint density at radius 1 is 1.33 bits per heavy atom. The van der Waals surface area contributed by atoms with Crippen LogP contribution in [-0.4, -0.2) is 53.1 Å². The molecular weight excluding hydrogens is 395 g/mol. The molecule has 1 aromatic carbocycles. The maximum absolute atomic E-state index is 15.4. The number of fused-ring (bicyclic) bond motifs is 4. The number of anilines is 1. The molecule has 10 heteroatoms. The Morgan fingerprint density at radius 2 is 2.13 bits per heavy atom. The number of amides is 3. The van der Waals surface area contributed by atoms with Crippen molar-refractivity contribution in [3.05, 3.63) is 36.0 Å². The van der Waals surface area contributed by atoms with Crippen molar-refractivity contribution in [3.63, 3.8) is 0 Å². The van der Waals surface area contributed by atoms with Gasteiger partial charge in [0, 0.05) is 12.1 Å². The second-order valence-electron chi connectivity index (χ2n) is 8.10. The molecule has 3 aliphatic heterocycles. The standard InChI is InChI=1S/C20H21FN4O5/c1-9-8-25-14-12(5-11(6-13(14)21)16-22-3-4-29-16)7-20(15(25)10(2)30-9)17(26)23-19(28)24-18(20)27/h3-6,9-10,15,17,26H,7-8H2,1-2H3,(H2,23,24,27,28). The van der Waals surface area contributed by atoms with E-state index in [1.165, 1.54) is 18.5 Å². The molecule has 1 aromatic heterocycles. The van der Waals surface area contributed by atoms with E-state index in [0.717, 1.165) is 0 Å². The van der Waals surface area contributed by atoms with E-state index >= 15 is 4.39 Å². The molecule has 2 saturated heterocycles. The van der Waals surface area contributed by atoms with Crippen LogP contribution in [0.1, 0.15) is 19.4 Å². The number of imide groups is 1. The van der Waals surface area contributed by atoms with Crippen LogP contribution in [-0.2, 0) is 16.0 Å². The number of aromatic nitrogens is 1. The first kappa shape index (κ1) is 19.0. The Morgan fingerprint density at radius 3 is 2.83 bits per heavy atom. The zero-order valence-corrected chi connectivity index (χ0v) is 16.4. The normalized spacial score (nSPS) is 33.0. The fraction of sp³-hybridized carbons (Fsp3) is 0.450. The smallest absolute Gasteiger partial charge is 0.323 e. The van der Waals surface area contributed by atoms with Crippen LogP contribution < -0.4 is 15.5 Å². The van der Waals surface area contributed by atoms with Crippen molar-refractivity contribution < 1.29 is 28.2 Å². The Balaban J connectivity index is 1.72. The van der Waals surface area contributed by atoms with E-state index < -0.39 is 41.5 Å². The van der Waals surface area contributed by atoms with Crippen molar-refractivity contribution in [2.24, 2.45) is 5.41 Å². The van der Waals surface area contributed by atoms with E-state index in [-0.39, 0.29) is 18.4 Å². The number of hydrogen-bond donors (Lipinski definition) is 3. The lowest BCUT2D eigenvalue weighted by Gasteiger charge is -2.57. The monoisotopic (exact) mass is 416 g/mol. The molecule has 0 radical (unpaired) electrons. The molecule has 3 amide bonds. The number of ether oxygens (including phenoxy) is 1. The topological polar surface area (TPSA) is 117 Å². The molecule has 9 nitrogen and oxygen atoms in total. The van der Waals surface area contributed by atoms with Crippen molar-refractivity contribution in [1.29, 1.82) is 0 Å². The number of nitrogens with one attached hydrogen (secondary N) is 2. The summed E-state index contributed by atoms with van der Waals surface area (Å²) in [6, 6.07) is 1.61. The highest BCUT2D eigenvalue weighted by Crippen LogP contribution is 2.49. The number of rotatable bonds is 1. The molecule has 158 valence electrons. The molecule has 3 aliphatic rings. The third-order valence-corrected chi connectivity index (χ3v) is 6.21. The van der Waals surface area contributed by atoms with Gasteiger partial charge in [-0.3, -0.25) is 10.1 Å². The number of urea groups is 1. The van der Waals surface area contributed by atoms with Gasteiger partial charge in [-0.05, 0) is 38.0 Å². The van der Waals surface area contributed by atoms with Crippen LogP contribution in [0.4, 0.5) is 14.9 Å². The van der Waals surface area contributed by atoms with Gasteiger partial charge in [0.25, 0.3) is 0 Å². The lowest BCUT2D eigenvalue weighted by molar-refractivity contribution is -0.155. The first-order valence-electron chi connectivity index (χ1n) is 9.75. The number of carbonyl (C=O) groups is 2. The minimum absolute atomic E-state index is 0.00430. The number of nitrogens with zero attached hydrogens (tertiary/aromatic N) is 2. The summed E-state index contributed by atoms with van der Waals surface area (Å²) >= 11 is 0. The molecular formula is C20H21FN4O5. The van der Waals surface area contributed by atoms with Crippen LogP contribution >= 0.6 is 0 Å². The second kappa shape index (κ2) is 6.51. The van der Waals surface area contributed by atoms with Gasteiger partial charge < -0.3 is 24.5 Å². The number of aliphatic hydroxyl groups excluding tert-OH is 1. The van der Waals surface area contributed by atoms with Crippen molar-refractivity contribution in [2.45, 2.75) is 44.7 Å². The zero-order valence-electron chi connectivity index (χ0n) is 16.4. The summed E-state index contributed by atoms with van der Waals surface area (Å²) < 4.78 is 26.6. The van der Waals surface area contributed by atoms with Crippen LogP contribution in [0, 0.1) is 11.2 Å². The van der Waals surface area contributed by atoms with Crippen molar-refractivity contribution >= 4 is 17.6 Å². The average molecular weight is 416 g/mol. The highest BCUT2D eigenvalue weighted by molar-refractivity contribution is 6.02. The average Bonchev–Trinajstić information content (AvgIpc) is 3.19. The minimum Gasteiger partial charge on any atom is -0.445 e. The Kier molecular flexibility index (Phi) is 4.13. The van der Waals surface area contributed by atoms with Gasteiger partial charge in [0.05, 0.1) is 30.1 Å². The predicted molar refractivity (Wildman–Crippen MR) is 102 cm³/mol. The first-order chi connectivity index (χ1) is 14.3. The fourth-order valence-corrected chi connectivity index (χ4v) is 5.18. The number of benzene rings is 1. The van der Waals surface area contributed by atoms with Crippen LogP contribution in [0.15, 0.2) is 29.0 Å². The van der Waals surface area contributed by atoms with E-state index in [9.17, 15) is 14.7 Å². The Bertz CT molecular complexity index is 1030. The molecule has 0 bridgehead atoms. The van der Waals surface area contributed by atoms with Crippen molar-refractivity contribution in [1.82, 2.24) is 15.6 Å². The lowest BCUT2D eigenvalue weighted by Crippen LogP contribution is -2.76. The van der Waals surface area contributed by atoms with E-state index in [1.807, 2.05) is 6.92 Å². The highest BCUT2D eigenvalue weighted by atomic mass is 19.1. The van der Waals surface area contributed by atoms with Gasteiger partial charge in [-0.2, -0.15) is 0 Å². The van der Waals surface area contributed by atoms with Crippen LogP contribution in [0.25, 0.3) is 11.5 Å². The largest absolute Gasteiger partial charge is 0.445 e. The number of aliphatic hydroxyl groups is 1. The number of hydrogen-bond acceptors (Lipinski definition) is 7. The van der Waals surface area contributed by atoms with Gasteiger partial charge in [-0.15, -0.1) is 0 Å². The molecule has 3 N–H and O–H groups in total. The molecule has 30 heavy (non-hydrogen) atoms. The fourth-order valence-electron chi connectivity index (χ4n) is 5.18. The lowest BCUT2D eigenvalue weighted by atomic mass is 9.66. The van der Waals surface area contributed by atoms with Crippen LogP contribution in [0.2, 0.25) is 0 Å². The summed E-state index contributed by atoms with van der Waals surface area (Å²) in [5, 5.41) is 15.6. The zero-order chi connectivity index (χ0) is 21.2. The molecule has 5 atom stereocenters. The van der Waals surface area contributed by atoms with Gasteiger partial charge in [0.1, 0.15) is 23.7 Å². The summed E-state index contributed by atoms with van der Waals surface area (Å²) in [5.41, 5.74) is -0.151. The number of carbonyl (C=O) groups excluding carboxylic acids is 2. The van der Waals surface area contributed by atoms with Gasteiger partial charge in [-0.1, -0.05) is 0 Å². The third-order valence-electron chi connectivity index (χ3n) is 6.21. The molecule has 2 aromatic rings.